The van der Waals surface area contributed by atoms with Crippen molar-refractivity contribution in [3.8, 4) is 39.4 Å². The predicted octanol–water partition coefficient (Wildman–Crippen LogP) is 15.7. The summed E-state index contributed by atoms with van der Waals surface area (Å²) in [6.07, 6.45) is 3.51. The minimum absolute atomic E-state index is 0.0351. The molecule has 0 radical (unpaired) electrons. The van der Waals surface area contributed by atoms with Crippen LogP contribution in [-0.2, 0) is 16.2 Å². The second-order valence-corrected chi connectivity index (χ2v) is 22.1. The number of hydrogen-bond acceptors (Lipinski definition) is 1. The van der Waals surface area contributed by atoms with Gasteiger partial charge in [0.1, 0.15) is 0 Å². The molecule has 0 amide bonds. The molecule has 0 saturated heterocycles. The second-order valence-electron chi connectivity index (χ2n) is 22.1. The van der Waals surface area contributed by atoms with Crippen LogP contribution in [0, 0.1) is 16.7 Å². The number of nitrogens with zero attached hydrogens (tertiary/aromatic N) is 2. The van der Waals surface area contributed by atoms with Gasteiger partial charge in [-0.2, -0.15) is 5.26 Å². The fourth-order valence-corrected chi connectivity index (χ4v) is 13.7. The van der Waals surface area contributed by atoms with Gasteiger partial charge in [0.25, 0.3) is 0 Å². The highest BCUT2D eigenvalue weighted by Gasteiger charge is 2.52. The van der Waals surface area contributed by atoms with Gasteiger partial charge in [-0.05, 0) is 156 Å². The largest absolute Gasteiger partial charge is 0.308 e. The molecule has 5 aliphatic carbocycles. The molecule has 2 heteroatoms. The molecule has 2 bridgehead atoms. The maximum Gasteiger partial charge on any atom is 0.0995 e. The van der Waals surface area contributed by atoms with Gasteiger partial charge in [0.05, 0.1) is 33.6 Å². The molecule has 2 atom stereocenters. The molecule has 7 aromatic carbocycles. The lowest BCUT2D eigenvalue weighted by atomic mass is 9.54. The van der Waals surface area contributed by atoms with E-state index in [2.05, 4.69) is 187 Å². The maximum atomic E-state index is 10.9. The van der Waals surface area contributed by atoms with Crippen molar-refractivity contribution in [2.75, 3.05) is 0 Å². The van der Waals surface area contributed by atoms with Crippen LogP contribution in [0.25, 0.3) is 71.5 Å². The zero-order valence-electron chi connectivity index (χ0n) is 37.2. The lowest BCUT2D eigenvalue weighted by Crippen LogP contribution is -2.36. The number of aromatic nitrogens is 1. The monoisotopic (exact) mass is 800 g/mol. The molecule has 62 heavy (non-hydrogen) atoms. The summed E-state index contributed by atoms with van der Waals surface area (Å²) >= 11 is 0. The van der Waals surface area contributed by atoms with Crippen LogP contribution in [0.15, 0.2) is 121 Å². The van der Waals surface area contributed by atoms with Crippen LogP contribution >= 0.6 is 0 Å². The van der Waals surface area contributed by atoms with E-state index >= 15 is 0 Å². The normalized spacial score (nSPS) is 19.0. The summed E-state index contributed by atoms with van der Waals surface area (Å²) in [6, 6.07) is 49.8. The van der Waals surface area contributed by atoms with Gasteiger partial charge in [-0.25, -0.2) is 0 Å². The first kappa shape index (κ1) is 36.5. The van der Waals surface area contributed by atoms with Crippen LogP contribution in [0.2, 0.25) is 0 Å². The molecular formula is C60H52N2. The van der Waals surface area contributed by atoms with Crippen LogP contribution < -0.4 is 0 Å². The highest BCUT2D eigenvalue weighted by Crippen LogP contribution is 2.64. The predicted molar refractivity (Wildman–Crippen MR) is 258 cm³/mol. The second kappa shape index (κ2) is 11.6. The van der Waals surface area contributed by atoms with Gasteiger partial charge in [0, 0.05) is 21.5 Å². The number of nitriles is 1. The fraction of sp³-hybridized carbons (Fsp3) is 0.283. The van der Waals surface area contributed by atoms with Gasteiger partial charge >= 0.3 is 0 Å². The molecule has 0 aliphatic heterocycles. The van der Waals surface area contributed by atoms with Crippen molar-refractivity contribution in [1.82, 2.24) is 4.40 Å². The Morgan fingerprint density at radius 1 is 0.581 bits per heavy atom. The minimum atomic E-state index is -0.404. The van der Waals surface area contributed by atoms with Crippen molar-refractivity contribution >= 4 is 38.1 Å². The van der Waals surface area contributed by atoms with Gasteiger partial charge in [0.2, 0.25) is 0 Å². The Hall–Kier alpha value is -6.17. The van der Waals surface area contributed by atoms with Crippen LogP contribution in [0.1, 0.15) is 137 Å². The molecule has 9 aromatic rings. The standard InChI is InChI=1S/C60H52N2/c1-57(2,3)37-29-49(58(4,5)6)53-42-25-35(26-43-54-50(62(56(42)43)51(53)30-37)28-36(32-61)52-34-22-24-47(55(52)54)59(7,8)31-34)33-21-23-41-40-17-11-14-20-46(40)60(48(41)27-33)44-18-12-9-15-38(44)39-16-10-13-19-45(39)60/h9-21,23,25-30,34,47H,22,24,31H2,1-8H3. The topological polar surface area (TPSA) is 28.2 Å². The van der Waals surface area contributed by atoms with Crippen LogP contribution in [-0.4, -0.2) is 4.40 Å². The molecular weight excluding hydrogens is 749 g/mol. The lowest BCUT2D eigenvalue weighted by molar-refractivity contribution is 0.157. The van der Waals surface area contributed by atoms with Gasteiger partial charge < -0.3 is 4.40 Å². The number of benzene rings is 7. The van der Waals surface area contributed by atoms with Gasteiger partial charge in [-0.1, -0.05) is 146 Å². The van der Waals surface area contributed by atoms with E-state index in [0.29, 0.717) is 11.8 Å². The fourth-order valence-electron chi connectivity index (χ4n) is 13.7. The Morgan fingerprint density at radius 2 is 1.16 bits per heavy atom. The van der Waals surface area contributed by atoms with Gasteiger partial charge in [-0.15, -0.1) is 0 Å². The Labute approximate surface area is 365 Å². The molecule has 14 rings (SSSR count). The van der Waals surface area contributed by atoms with E-state index in [0.717, 1.165) is 12.0 Å². The van der Waals surface area contributed by atoms with E-state index in [1.807, 2.05) is 0 Å². The molecule has 2 unspecified atom stereocenters. The highest BCUT2D eigenvalue weighted by atomic mass is 14.9. The summed E-state index contributed by atoms with van der Waals surface area (Å²) in [7, 11) is 0. The smallest absolute Gasteiger partial charge is 0.0995 e. The quantitative estimate of drug-likeness (QED) is 0.163. The Balaban J connectivity index is 1.18. The molecule has 1 spiro atoms. The number of rotatable bonds is 1. The van der Waals surface area contributed by atoms with Crippen molar-refractivity contribution in [1.29, 1.82) is 5.26 Å². The van der Waals surface area contributed by atoms with Crippen molar-refractivity contribution in [3.05, 3.63) is 171 Å². The first-order valence-corrected chi connectivity index (χ1v) is 22.9. The first-order valence-electron chi connectivity index (χ1n) is 22.9. The molecule has 0 N–H and O–H groups in total. The molecule has 2 aromatic heterocycles. The average molecular weight is 801 g/mol. The Kier molecular flexibility index (Phi) is 6.85. The summed E-state index contributed by atoms with van der Waals surface area (Å²) in [5.74, 6) is 0.835. The first-order chi connectivity index (χ1) is 29.7. The number of hydrogen-bond donors (Lipinski definition) is 0. The van der Waals surface area contributed by atoms with Crippen LogP contribution in [0.4, 0.5) is 0 Å². The number of fused-ring (bicyclic) bond motifs is 18. The summed E-state index contributed by atoms with van der Waals surface area (Å²) < 4.78 is 2.58. The summed E-state index contributed by atoms with van der Waals surface area (Å²) in [5, 5.41) is 16.3. The molecule has 5 aliphatic rings. The molecule has 2 nitrogen and oxygen atoms in total. The van der Waals surface area contributed by atoms with Crippen molar-refractivity contribution in [2.24, 2.45) is 5.41 Å². The maximum absolute atomic E-state index is 10.9. The zero-order chi connectivity index (χ0) is 42.4. The van der Waals surface area contributed by atoms with E-state index in [4.69, 9.17) is 0 Å². The summed E-state index contributed by atoms with van der Waals surface area (Å²) in [6.45, 7) is 19.1. The SMILES string of the molecule is CC(C)(C)c1cc(C(C)(C)C)c2c3cc(-c4ccc5c(c4)C4(c6ccccc6-c6ccccc64)c4ccccc4-5)cc4c5c6c(c(C#N)cc5n(c2c1)c34)C1CCC6C(C)(C)C1. The van der Waals surface area contributed by atoms with Crippen LogP contribution in [0.5, 0.6) is 0 Å². The van der Waals surface area contributed by atoms with E-state index in [1.165, 1.54) is 129 Å². The summed E-state index contributed by atoms with van der Waals surface area (Å²) in [5.41, 5.74) is 23.1. The van der Waals surface area contributed by atoms with Crippen molar-refractivity contribution in [3.63, 3.8) is 0 Å². The minimum Gasteiger partial charge on any atom is -0.308 e. The van der Waals surface area contributed by atoms with Gasteiger partial charge in [0.15, 0.2) is 0 Å². The zero-order valence-corrected chi connectivity index (χ0v) is 37.2. The van der Waals surface area contributed by atoms with E-state index < -0.39 is 5.41 Å². The Morgan fingerprint density at radius 3 is 1.74 bits per heavy atom. The van der Waals surface area contributed by atoms with Crippen molar-refractivity contribution < 1.29 is 0 Å². The molecule has 302 valence electrons. The average Bonchev–Trinajstić information content (AvgIpc) is 3.96. The molecule has 2 heterocycles. The highest BCUT2D eigenvalue weighted by molar-refractivity contribution is 6.26. The third-order valence-corrected chi connectivity index (χ3v) is 16.3. The van der Waals surface area contributed by atoms with Crippen molar-refractivity contribution in [2.45, 2.75) is 103 Å². The van der Waals surface area contributed by atoms with Gasteiger partial charge in [-0.3, -0.25) is 0 Å². The third kappa shape index (κ3) is 4.35. The Bertz CT molecular complexity index is 3450. The van der Waals surface area contributed by atoms with Crippen LogP contribution in [0.3, 0.4) is 0 Å². The third-order valence-electron chi connectivity index (χ3n) is 16.3. The lowest BCUT2D eigenvalue weighted by Gasteiger charge is -2.50. The molecule has 1 saturated carbocycles. The molecule has 1 fully saturated rings. The summed E-state index contributed by atoms with van der Waals surface area (Å²) in [4.78, 5) is 0. The van der Waals surface area contributed by atoms with E-state index in [9.17, 15) is 5.26 Å². The van der Waals surface area contributed by atoms with E-state index in [-0.39, 0.29) is 16.2 Å². The van der Waals surface area contributed by atoms with E-state index in [1.54, 1.807) is 0 Å².